The zero-order valence-electron chi connectivity index (χ0n) is 14.1. The summed E-state index contributed by atoms with van der Waals surface area (Å²) >= 11 is 5.09. The lowest BCUT2D eigenvalue weighted by atomic mass is 9.99. The van der Waals surface area contributed by atoms with Crippen LogP contribution in [0.2, 0.25) is 0 Å². The molecule has 1 atom stereocenters. The topological polar surface area (TPSA) is 41.6 Å². The smallest absolute Gasteiger partial charge is 0.238 e. The molecule has 4 nitrogen and oxygen atoms in total. The maximum Gasteiger partial charge on any atom is 0.238 e. The van der Waals surface area contributed by atoms with Crippen molar-refractivity contribution in [2.75, 3.05) is 6.61 Å². The van der Waals surface area contributed by atoms with Crippen molar-refractivity contribution in [2.45, 2.75) is 19.4 Å². The molecule has 0 aromatic heterocycles. The summed E-state index contributed by atoms with van der Waals surface area (Å²) in [6.45, 7) is 1.29. The summed E-state index contributed by atoms with van der Waals surface area (Å²) in [6, 6.07) is 3.66. The van der Waals surface area contributed by atoms with Crippen molar-refractivity contribution in [3.8, 4) is 5.75 Å². The highest BCUT2D eigenvalue weighted by molar-refractivity contribution is 7.80. The van der Waals surface area contributed by atoms with Crippen molar-refractivity contribution in [2.24, 2.45) is 0 Å². The van der Waals surface area contributed by atoms with Crippen LogP contribution in [0.4, 0.5) is 17.6 Å². The molecule has 0 bridgehead atoms. The van der Waals surface area contributed by atoms with E-state index in [1.165, 1.54) is 6.92 Å². The van der Waals surface area contributed by atoms with E-state index < -0.39 is 35.2 Å². The lowest BCUT2D eigenvalue weighted by Gasteiger charge is -2.35. The van der Waals surface area contributed by atoms with Crippen molar-refractivity contribution in [1.82, 2.24) is 10.4 Å². The van der Waals surface area contributed by atoms with Gasteiger partial charge in [0.1, 0.15) is 22.4 Å². The van der Waals surface area contributed by atoms with Gasteiger partial charge in [-0.3, -0.25) is 10.2 Å². The van der Waals surface area contributed by atoms with E-state index in [4.69, 9.17) is 17.0 Å². The Labute approximate surface area is 157 Å². The third kappa shape index (κ3) is 3.87. The van der Waals surface area contributed by atoms with Crippen LogP contribution in [0.3, 0.4) is 0 Å². The minimum atomic E-state index is -0.892. The normalized spacial score (nSPS) is 15.5. The second-order valence-electron chi connectivity index (χ2n) is 5.91. The first kappa shape index (κ1) is 19.1. The molecule has 0 spiro atoms. The van der Waals surface area contributed by atoms with E-state index in [0.717, 1.165) is 29.3 Å². The molecule has 1 amide bonds. The zero-order valence-corrected chi connectivity index (χ0v) is 14.9. The molecule has 0 saturated heterocycles. The van der Waals surface area contributed by atoms with Crippen LogP contribution in [0.5, 0.6) is 5.75 Å². The quantitative estimate of drug-likeness (QED) is 0.475. The van der Waals surface area contributed by atoms with E-state index in [9.17, 15) is 22.4 Å². The molecule has 0 saturated carbocycles. The molecule has 2 aromatic rings. The number of hydrazine groups is 1. The number of carbonyl (C=O) groups is 1. The van der Waals surface area contributed by atoms with Gasteiger partial charge in [0.2, 0.25) is 5.91 Å². The predicted octanol–water partition coefficient (Wildman–Crippen LogP) is 3.80. The maximum absolute atomic E-state index is 14.0. The van der Waals surface area contributed by atoms with Gasteiger partial charge in [0.25, 0.3) is 0 Å². The van der Waals surface area contributed by atoms with E-state index in [-0.39, 0.29) is 34.9 Å². The summed E-state index contributed by atoms with van der Waals surface area (Å²) in [5.74, 6) is -3.89. The Morgan fingerprint density at radius 2 is 1.89 bits per heavy atom. The van der Waals surface area contributed by atoms with Crippen LogP contribution in [0.15, 0.2) is 30.3 Å². The van der Waals surface area contributed by atoms with Gasteiger partial charge in [0, 0.05) is 30.5 Å². The minimum Gasteiger partial charge on any atom is -0.490 e. The number of halogens is 4. The molecular weight excluding hydrogens is 384 g/mol. The van der Waals surface area contributed by atoms with E-state index in [1.807, 2.05) is 0 Å². The number of thiocarbonyl (C=S) groups is 1. The van der Waals surface area contributed by atoms with Crippen LogP contribution in [0, 0.1) is 23.3 Å². The number of nitrogens with one attached hydrogen (secondary N) is 1. The number of hydrogen-bond donors (Lipinski definition) is 1. The van der Waals surface area contributed by atoms with Crippen molar-refractivity contribution < 1.29 is 27.1 Å². The first-order valence-corrected chi connectivity index (χ1v) is 8.36. The summed E-state index contributed by atoms with van der Waals surface area (Å²) in [5, 5.41) is 1.03. The van der Waals surface area contributed by atoms with Crippen molar-refractivity contribution >= 4 is 23.1 Å². The number of rotatable bonds is 2. The van der Waals surface area contributed by atoms with Crippen LogP contribution in [-0.2, 0) is 4.79 Å². The monoisotopic (exact) mass is 398 g/mol. The predicted molar refractivity (Wildman–Crippen MR) is 92.9 cm³/mol. The van der Waals surface area contributed by atoms with Gasteiger partial charge in [-0.15, -0.1) is 0 Å². The molecule has 3 rings (SSSR count). The molecule has 1 N–H and O–H groups in total. The second-order valence-corrected chi connectivity index (χ2v) is 6.32. The summed E-state index contributed by atoms with van der Waals surface area (Å²) in [4.78, 5) is 11.9. The van der Waals surface area contributed by atoms with E-state index in [0.29, 0.717) is 6.07 Å². The highest BCUT2D eigenvalue weighted by Crippen LogP contribution is 2.38. The van der Waals surface area contributed by atoms with E-state index in [2.05, 4.69) is 5.43 Å². The number of carbonyl (C=O) groups excluding carboxylic acids is 1. The Morgan fingerprint density at radius 1 is 1.15 bits per heavy atom. The lowest BCUT2D eigenvalue weighted by molar-refractivity contribution is -0.134. The largest absolute Gasteiger partial charge is 0.490 e. The molecule has 9 heteroatoms. The van der Waals surface area contributed by atoms with Crippen molar-refractivity contribution in [1.29, 1.82) is 0 Å². The molecule has 1 unspecified atom stereocenters. The lowest BCUT2D eigenvalue weighted by Crippen LogP contribution is -2.48. The molecule has 27 heavy (non-hydrogen) atoms. The average molecular weight is 398 g/mol. The SMILES string of the molecule is CC(=O)N(NC(=S)c1cc(F)ccc1F)C1CCOc2c(F)cc(F)cc21. The Morgan fingerprint density at radius 3 is 2.59 bits per heavy atom. The second kappa shape index (κ2) is 7.51. The third-order valence-electron chi connectivity index (χ3n) is 4.08. The molecule has 1 heterocycles. The highest BCUT2D eigenvalue weighted by Gasteiger charge is 2.32. The number of fused-ring (bicyclic) bond motifs is 1. The Bertz CT molecular complexity index is 922. The van der Waals surface area contributed by atoms with Gasteiger partial charge < -0.3 is 4.74 Å². The molecule has 1 aliphatic rings. The first-order valence-electron chi connectivity index (χ1n) is 7.95. The van der Waals surface area contributed by atoms with Gasteiger partial charge in [-0.05, 0) is 24.3 Å². The molecule has 0 aliphatic carbocycles. The fourth-order valence-electron chi connectivity index (χ4n) is 2.89. The fraction of sp³-hybridized carbons (Fsp3) is 0.222. The number of nitrogens with zero attached hydrogens (tertiary/aromatic N) is 1. The summed E-state index contributed by atoms with van der Waals surface area (Å²) in [7, 11) is 0. The zero-order chi connectivity index (χ0) is 19.7. The van der Waals surface area contributed by atoms with Crippen molar-refractivity contribution in [3.63, 3.8) is 0 Å². The average Bonchev–Trinajstić information content (AvgIpc) is 2.61. The summed E-state index contributed by atoms with van der Waals surface area (Å²) in [5.41, 5.74) is 2.43. The van der Waals surface area contributed by atoms with Gasteiger partial charge in [-0.25, -0.2) is 22.6 Å². The van der Waals surface area contributed by atoms with Gasteiger partial charge in [0.05, 0.1) is 12.6 Å². The van der Waals surface area contributed by atoms with Gasteiger partial charge in [-0.1, -0.05) is 12.2 Å². The Balaban J connectivity index is 1.95. The summed E-state index contributed by atoms with van der Waals surface area (Å²) < 4.78 is 60.3. The van der Waals surface area contributed by atoms with Crippen LogP contribution in [0.25, 0.3) is 0 Å². The van der Waals surface area contributed by atoms with Crippen LogP contribution < -0.4 is 10.2 Å². The number of amides is 1. The first-order chi connectivity index (χ1) is 12.8. The van der Waals surface area contributed by atoms with Crippen LogP contribution in [-0.4, -0.2) is 22.5 Å². The Hall–Kier alpha value is -2.68. The van der Waals surface area contributed by atoms with Crippen LogP contribution in [0.1, 0.15) is 30.5 Å². The number of ether oxygens (including phenoxy) is 1. The van der Waals surface area contributed by atoms with Crippen LogP contribution >= 0.6 is 12.2 Å². The molecule has 2 aromatic carbocycles. The number of benzene rings is 2. The molecule has 0 fully saturated rings. The van der Waals surface area contributed by atoms with E-state index >= 15 is 0 Å². The fourth-order valence-corrected chi connectivity index (χ4v) is 3.15. The van der Waals surface area contributed by atoms with Crippen molar-refractivity contribution in [3.05, 3.63) is 64.7 Å². The molecule has 1 aliphatic heterocycles. The van der Waals surface area contributed by atoms with E-state index in [1.54, 1.807) is 0 Å². The van der Waals surface area contributed by atoms with Gasteiger partial charge >= 0.3 is 0 Å². The standard InChI is InChI=1S/C18H14F4N2O2S/c1-9(25)24(23-18(27)12-6-10(19)2-3-14(12)21)16-4-5-26-17-13(16)7-11(20)8-15(17)22/h2-3,6-8,16H,4-5H2,1H3,(H,23,27). The Kier molecular flexibility index (Phi) is 5.31. The molecular formula is C18H14F4N2O2S. The van der Waals surface area contributed by atoms with Gasteiger partial charge in [0.15, 0.2) is 11.6 Å². The molecule has 142 valence electrons. The highest BCUT2D eigenvalue weighted by atomic mass is 32.1. The van der Waals surface area contributed by atoms with Gasteiger partial charge in [-0.2, -0.15) is 0 Å². The minimum absolute atomic E-state index is 0.0762. The molecule has 0 radical (unpaired) electrons. The number of hydrogen-bond acceptors (Lipinski definition) is 3. The maximum atomic E-state index is 14.0. The summed E-state index contributed by atoms with van der Waals surface area (Å²) in [6.07, 6.45) is 0.219. The third-order valence-corrected chi connectivity index (χ3v) is 4.39.